The molecule has 0 bridgehead atoms. The first-order chi connectivity index (χ1) is 13.4. The number of hydrogen-bond donors (Lipinski definition) is 2. The van der Waals surface area contributed by atoms with Crippen molar-refractivity contribution in [3.8, 4) is 0 Å². The van der Waals surface area contributed by atoms with E-state index in [1.165, 1.54) is 4.57 Å². The number of aromatic nitrogens is 6. The monoisotopic (exact) mass is 381 g/mol. The van der Waals surface area contributed by atoms with Crippen LogP contribution in [-0.2, 0) is 20.5 Å². The van der Waals surface area contributed by atoms with Crippen molar-refractivity contribution in [2.75, 3.05) is 18.0 Å². The SMILES string of the molecule is CCN(CCc1nc2c(C)cccc2[nH]1)c1nc2c(c(=O)[nH]c(=O)n2C)n1C. The highest BCUT2D eigenvalue weighted by molar-refractivity contribution is 5.78. The molecule has 9 nitrogen and oxygen atoms in total. The number of benzene rings is 1. The van der Waals surface area contributed by atoms with Crippen molar-refractivity contribution in [2.45, 2.75) is 20.3 Å². The molecule has 0 fully saturated rings. The lowest BCUT2D eigenvalue weighted by Crippen LogP contribution is -2.29. The van der Waals surface area contributed by atoms with Gasteiger partial charge < -0.3 is 14.5 Å². The number of aryl methyl sites for hydroxylation is 3. The van der Waals surface area contributed by atoms with Gasteiger partial charge in [0.05, 0.1) is 11.0 Å². The molecule has 0 saturated carbocycles. The Morgan fingerprint density at radius 2 is 1.89 bits per heavy atom. The van der Waals surface area contributed by atoms with Gasteiger partial charge in [-0.05, 0) is 25.5 Å². The maximum Gasteiger partial charge on any atom is 0.329 e. The zero-order chi connectivity index (χ0) is 20.0. The van der Waals surface area contributed by atoms with Crippen LogP contribution in [0.2, 0.25) is 0 Å². The molecular weight excluding hydrogens is 358 g/mol. The van der Waals surface area contributed by atoms with Gasteiger partial charge in [-0.15, -0.1) is 0 Å². The van der Waals surface area contributed by atoms with Gasteiger partial charge in [-0.25, -0.2) is 9.78 Å². The number of para-hydroxylation sites is 1. The first kappa shape index (κ1) is 18.0. The Morgan fingerprint density at radius 1 is 1.11 bits per heavy atom. The lowest BCUT2D eigenvalue weighted by molar-refractivity contribution is 0.737. The Labute approximate surface area is 160 Å². The van der Waals surface area contributed by atoms with E-state index in [-0.39, 0.29) is 0 Å². The van der Waals surface area contributed by atoms with Crippen molar-refractivity contribution in [3.63, 3.8) is 0 Å². The highest BCUT2D eigenvalue weighted by Crippen LogP contribution is 2.19. The lowest BCUT2D eigenvalue weighted by Gasteiger charge is -2.21. The van der Waals surface area contributed by atoms with E-state index in [2.05, 4.69) is 19.9 Å². The van der Waals surface area contributed by atoms with E-state index in [0.29, 0.717) is 36.6 Å². The molecule has 146 valence electrons. The second kappa shape index (κ2) is 6.66. The maximum absolute atomic E-state index is 12.2. The van der Waals surface area contributed by atoms with Crippen LogP contribution in [0.4, 0.5) is 5.95 Å². The summed E-state index contributed by atoms with van der Waals surface area (Å²) in [5, 5.41) is 0. The van der Waals surface area contributed by atoms with Gasteiger partial charge in [-0.3, -0.25) is 14.3 Å². The van der Waals surface area contributed by atoms with E-state index in [1.54, 1.807) is 18.7 Å². The Kier molecular flexibility index (Phi) is 4.29. The summed E-state index contributed by atoms with van der Waals surface area (Å²) in [5.74, 6) is 1.56. The van der Waals surface area contributed by atoms with Gasteiger partial charge >= 0.3 is 5.69 Å². The third kappa shape index (κ3) is 2.79. The number of anilines is 1. The fraction of sp³-hybridized carbons (Fsp3) is 0.368. The molecule has 0 aliphatic heterocycles. The van der Waals surface area contributed by atoms with E-state index in [0.717, 1.165) is 22.4 Å². The number of nitrogens with zero attached hydrogens (tertiary/aromatic N) is 5. The molecule has 0 aliphatic rings. The van der Waals surface area contributed by atoms with E-state index >= 15 is 0 Å². The van der Waals surface area contributed by atoms with Crippen LogP contribution in [0.5, 0.6) is 0 Å². The fourth-order valence-corrected chi connectivity index (χ4v) is 3.56. The zero-order valence-electron chi connectivity index (χ0n) is 16.4. The van der Waals surface area contributed by atoms with E-state index < -0.39 is 11.2 Å². The molecule has 0 amide bonds. The molecular formula is C19H23N7O2. The summed E-state index contributed by atoms with van der Waals surface area (Å²) in [7, 11) is 3.39. The molecule has 0 atom stereocenters. The van der Waals surface area contributed by atoms with Crippen molar-refractivity contribution < 1.29 is 0 Å². The van der Waals surface area contributed by atoms with Crippen LogP contribution in [0.15, 0.2) is 27.8 Å². The summed E-state index contributed by atoms with van der Waals surface area (Å²) in [6, 6.07) is 6.08. The maximum atomic E-state index is 12.2. The van der Waals surface area contributed by atoms with Crippen molar-refractivity contribution in [2.24, 2.45) is 14.1 Å². The van der Waals surface area contributed by atoms with Gasteiger partial charge in [0.2, 0.25) is 5.95 Å². The van der Waals surface area contributed by atoms with Gasteiger partial charge in [-0.2, -0.15) is 4.98 Å². The Bertz CT molecular complexity index is 1290. The average molecular weight is 381 g/mol. The molecule has 4 rings (SSSR count). The summed E-state index contributed by atoms with van der Waals surface area (Å²) < 4.78 is 3.09. The molecule has 0 unspecified atom stereocenters. The summed E-state index contributed by atoms with van der Waals surface area (Å²) in [6.45, 7) is 5.47. The second-order valence-corrected chi connectivity index (χ2v) is 6.95. The molecule has 2 N–H and O–H groups in total. The van der Waals surface area contributed by atoms with Gasteiger partial charge in [0.25, 0.3) is 5.56 Å². The quantitative estimate of drug-likeness (QED) is 0.541. The van der Waals surface area contributed by atoms with Crippen molar-refractivity contribution in [3.05, 3.63) is 50.4 Å². The number of fused-ring (bicyclic) bond motifs is 2. The third-order valence-electron chi connectivity index (χ3n) is 5.16. The fourth-order valence-electron chi connectivity index (χ4n) is 3.56. The number of nitrogens with one attached hydrogen (secondary N) is 2. The number of likely N-dealkylation sites (N-methyl/N-ethyl adjacent to an activating group) is 1. The lowest BCUT2D eigenvalue weighted by atomic mass is 10.2. The van der Waals surface area contributed by atoms with Gasteiger partial charge in [-0.1, -0.05) is 12.1 Å². The number of rotatable bonds is 5. The number of hydrogen-bond acceptors (Lipinski definition) is 5. The van der Waals surface area contributed by atoms with Crippen LogP contribution in [0.3, 0.4) is 0 Å². The average Bonchev–Trinajstić information content (AvgIpc) is 3.23. The minimum atomic E-state index is -0.470. The Morgan fingerprint density at radius 3 is 2.61 bits per heavy atom. The molecule has 0 spiro atoms. The predicted octanol–water partition coefficient (Wildman–Crippen LogP) is 1.21. The third-order valence-corrected chi connectivity index (χ3v) is 5.16. The van der Waals surface area contributed by atoms with Gasteiger partial charge in [0.15, 0.2) is 11.2 Å². The summed E-state index contributed by atoms with van der Waals surface area (Å²) in [6.07, 6.45) is 0.709. The highest BCUT2D eigenvalue weighted by atomic mass is 16.2. The van der Waals surface area contributed by atoms with Crippen molar-refractivity contribution in [1.29, 1.82) is 0 Å². The second-order valence-electron chi connectivity index (χ2n) is 6.95. The first-order valence-corrected chi connectivity index (χ1v) is 9.25. The highest BCUT2D eigenvalue weighted by Gasteiger charge is 2.19. The summed E-state index contributed by atoms with van der Waals surface area (Å²) in [5.41, 5.74) is 3.03. The topological polar surface area (TPSA) is 105 Å². The molecule has 28 heavy (non-hydrogen) atoms. The standard InChI is InChI=1S/C19H23N7O2/c1-5-26(10-9-13-20-12-8-6-7-11(2)14(12)21-13)18-22-16-15(24(18)3)17(27)23-19(28)25(16)4/h6-8H,5,9-10H2,1-4H3,(H,20,21)(H,23,27,28). The molecule has 9 heteroatoms. The number of aromatic amines is 2. The van der Waals surface area contributed by atoms with Gasteiger partial charge in [0.1, 0.15) is 5.82 Å². The van der Waals surface area contributed by atoms with Crippen LogP contribution in [0.1, 0.15) is 18.3 Å². The molecule has 3 aromatic heterocycles. The number of imidazole rings is 2. The number of H-pyrrole nitrogens is 2. The van der Waals surface area contributed by atoms with Crippen molar-refractivity contribution >= 4 is 28.1 Å². The summed E-state index contributed by atoms with van der Waals surface area (Å²) >= 11 is 0. The molecule has 3 heterocycles. The normalized spacial score (nSPS) is 11.6. The molecule has 4 aromatic rings. The van der Waals surface area contributed by atoms with Crippen molar-refractivity contribution in [1.82, 2.24) is 29.1 Å². The first-order valence-electron chi connectivity index (χ1n) is 9.25. The van der Waals surface area contributed by atoms with E-state index in [9.17, 15) is 9.59 Å². The molecule has 0 radical (unpaired) electrons. The molecule has 1 aromatic carbocycles. The smallest absolute Gasteiger partial charge is 0.329 e. The van der Waals surface area contributed by atoms with Crippen LogP contribution in [0, 0.1) is 6.92 Å². The minimum absolute atomic E-state index is 0.379. The summed E-state index contributed by atoms with van der Waals surface area (Å²) in [4.78, 5) is 41.2. The van der Waals surface area contributed by atoms with E-state index in [1.807, 2.05) is 32.0 Å². The van der Waals surface area contributed by atoms with Crippen LogP contribution in [-0.4, -0.2) is 42.2 Å². The molecule has 0 saturated heterocycles. The molecule has 0 aliphatic carbocycles. The van der Waals surface area contributed by atoms with Crippen LogP contribution in [0.25, 0.3) is 22.2 Å². The van der Waals surface area contributed by atoms with Crippen LogP contribution < -0.4 is 16.1 Å². The Balaban J connectivity index is 1.67. The van der Waals surface area contributed by atoms with Gasteiger partial charge in [0, 0.05) is 33.6 Å². The minimum Gasteiger partial charge on any atom is -0.342 e. The predicted molar refractivity (Wildman–Crippen MR) is 109 cm³/mol. The van der Waals surface area contributed by atoms with E-state index in [4.69, 9.17) is 4.98 Å². The largest absolute Gasteiger partial charge is 0.342 e. The zero-order valence-corrected chi connectivity index (χ0v) is 16.4. The Hall–Kier alpha value is -3.36. The van der Waals surface area contributed by atoms with Crippen LogP contribution >= 0.6 is 0 Å².